The summed E-state index contributed by atoms with van der Waals surface area (Å²) in [5, 5.41) is 3.21. The van der Waals surface area contributed by atoms with Crippen LogP contribution < -0.4 is 9.47 Å². The average molecular weight is 390 g/mol. The number of hydrogen-bond acceptors (Lipinski definition) is 6. The predicted molar refractivity (Wildman–Crippen MR) is 107 cm³/mol. The van der Waals surface area contributed by atoms with Crippen molar-refractivity contribution in [3.05, 3.63) is 39.8 Å². The number of piperazine rings is 1. The van der Waals surface area contributed by atoms with Crippen LogP contribution >= 0.6 is 11.3 Å². The molecule has 1 amide bonds. The second kappa shape index (κ2) is 9.19. The highest BCUT2D eigenvalue weighted by atomic mass is 32.1. The number of carbonyl (C=O) groups excluding carboxylic acids is 1. The van der Waals surface area contributed by atoms with Crippen molar-refractivity contribution in [2.75, 3.05) is 39.4 Å². The molecule has 0 spiro atoms. The zero-order valence-electron chi connectivity index (χ0n) is 16.2. The molecule has 146 valence electrons. The van der Waals surface area contributed by atoms with Gasteiger partial charge in [-0.05, 0) is 39.0 Å². The number of ether oxygens (including phenoxy) is 2. The summed E-state index contributed by atoms with van der Waals surface area (Å²) in [4.78, 5) is 21.7. The van der Waals surface area contributed by atoms with Crippen molar-refractivity contribution in [3.8, 4) is 11.5 Å². The van der Waals surface area contributed by atoms with E-state index in [1.165, 1.54) is 0 Å². The first kappa shape index (κ1) is 19.6. The van der Waals surface area contributed by atoms with E-state index in [4.69, 9.17) is 9.47 Å². The minimum absolute atomic E-state index is 0.0446. The number of benzene rings is 1. The maximum atomic E-state index is 12.9. The summed E-state index contributed by atoms with van der Waals surface area (Å²) in [6.07, 6.45) is 0. The molecule has 0 unspecified atom stereocenters. The molecular formula is C20H27N3O3S. The van der Waals surface area contributed by atoms with Gasteiger partial charge in [-0.15, -0.1) is 11.3 Å². The molecule has 0 atom stereocenters. The molecule has 0 saturated carbocycles. The quantitative estimate of drug-likeness (QED) is 0.728. The fourth-order valence-corrected chi connectivity index (χ4v) is 3.79. The maximum Gasteiger partial charge on any atom is 0.254 e. The van der Waals surface area contributed by atoms with Gasteiger partial charge < -0.3 is 14.4 Å². The van der Waals surface area contributed by atoms with Crippen LogP contribution in [0.4, 0.5) is 0 Å². The van der Waals surface area contributed by atoms with Crippen molar-refractivity contribution < 1.29 is 14.3 Å². The highest BCUT2D eigenvalue weighted by Gasteiger charge is 2.23. The van der Waals surface area contributed by atoms with Crippen LogP contribution in [0.1, 0.15) is 34.9 Å². The number of thiazole rings is 1. The zero-order valence-corrected chi connectivity index (χ0v) is 17.1. The molecular weight excluding hydrogens is 362 g/mol. The molecule has 1 aromatic carbocycles. The zero-order chi connectivity index (χ0) is 19.2. The van der Waals surface area contributed by atoms with Crippen molar-refractivity contribution in [1.29, 1.82) is 0 Å². The van der Waals surface area contributed by atoms with Crippen LogP contribution in [0.25, 0.3) is 0 Å². The Morgan fingerprint density at radius 1 is 1.11 bits per heavy atom. The Bertz CT molecular complexity index is 770. The summed E-state index contributed by atoms with van der Waals surface area (Å²) in [5.41, 5.74) is 1.76. The topological polar surface area (TPSA) is 54.9 Å². The minimum Gasteiger partial charge on any atom is -0.490 e. The largest absolute Gasteiger partial charge is 0.490 e. The van der Waals surface area contributed by atoms with Crippen molar-refractivity contribution in [2.24, 2.45) is 0 Å². The lowest BCUT2D eigenvalue weighted by atomic mass is 10.1. The molecule has 1 aliphatic rings. The summed E-state index contributed by atoms with van der Waals surface area (Å²) < 4.78 is 11.2. The third-order valence-corrected chi connectivity index (χ3v) is 5.32. The van der Waals surface area contributed by atoms with Gasteiger partial charge in [0.2, 0.25) is 0 Å². The van der Waals surface area contributed by atoms with Gasteiger partial charge in [0.25, 0.3) is 5.91 Å². The van der Waals surface area contributed by atoms with Gasteiger partial charge in [0.15, 0.2) is 11.5 Å². The molecule has 1 aliphatic heterocycles. The van der Waals surface area contributed by atoms with Crippen LogP contribution in [0, 0.1) is 6.92 Å². The normalized spacial score (nSPS) is 15.0. The summed E-state index contributed by atoms with van der Waals surface area (Å²) in [5.74, 6) is 1.35. The van der Waals surface area contributed by atoms with E-state index >= 15 is 0 Å². The second-order valence-electron chi connectivity index (χ2n) is 6.45. The first-order chi connectivity index (χ1) is 13.1. The van der Waals surface area contributed by atoms with E-state index in [2.05, 4.69) is 15.3 Å². The molecule has 1 fully saturated rings. The van der Waals surface area contributed by atoms with Crippen molar-refractivity contribution >= 4 is 17.2 Å². The highest BCUT2D eigenvalue weighted by Crippen LogP contribution is 2.29. The fraction of sp³-hybridized carbons (Fsp3) is 0.500. The molecule has 7 heteroatoms. The summed E-state index contributed by atoms with van der Waals surface area (Å²) in [7, 11) is 0. The Hall–Kier alpha value is -2.12. The number of aromatic nitrogens is 1. The lowest BCUT2D eigenvalue weighted by Crippen LogP contribution is -2.48. The fourth-order valence-electron chi connectivity index (χ4n) is 3.19. The van der Waals surface area contributed by atoms with Crippen molar-refractivity contribution in [2.45, 2.75) is 27.3 Å². The van der Waals surface area contributed by atoms with Gasteiger partial charge in [-0.1, -0.05) is 0 Å². The number of nitrogens with zero attached hydrogens (tertiary/aromatic N) is 3. The Kier molecular flexibility index (Phi) is 6.68. The molecule has 0 N–H and O–H groups in total. The van der Waals surface area contributed by atoms with Gasteiger partial charge in [-0.2, -0.15) is 0 Å². The molecule has 2 heterocycles. The van der Waals surface area contributed by atoms with Gasteiger partial charge in [-0.3, -0.25) is 9.69 Å². The number of carbonyl (C=O) groups is 1. The molecule has 0 bridgehead atoms. The molecule has 0 aliphatic carbocycles. The first-order valence-corrected chi connectivity index (χ1v) is 10.3. The van der Waals surface area contributed by atoms with E-state index in [9.17, 15) is 4.79 Å². The number of hydrogen-bond donors (Lipinski definition) is 0. The molecule has 3 rings (SSSR count). The third kappa shape index (κ3) is 4.99. The second-order valence-corrected chi connectivity index (χ2v) is 7.52. The minimum atomic E-state index is 0.0446. The van der Waals surface area contributed by atoms with Crippen molar-refractivity contribution in [1.82, 2.24) is 14.8 Å². The van der Waals surface area contributed by atoms with Gasteiger partial charge in [0.1, 0.15) is 0 Å². The molecule has 0 radical (unpaired) electrons. The molecule has 27 heavy (non-hydrogen) atoms. The van der Waals surface area contributed by atoms with E-state index in [0.29, 0.717) is 30.3 Å². The number of rotatable bonds is 7. The van der Waals surface area contributed by atoms with Crippen LogP contribution in [0.5, 0.6) is 11.5 Å². The maximum absolute atomic E-state index is 12.9. The van der Waals surface area contributed by atoms with E-state index in [1.807, 2.05) is 37.8 Å². The van der Waals surface area contributed by atoms with Crippen LogP contribution in [-0.4, -0.2) is 60.1 Å². The SMILES string of the molecule is CCOc1ccc(C(=O)N2CCN(Cc3csc(C)n3)CC2)cc1OCC. The smallest absolute Gasteiger partial charge is 0.254 e. The average Bonchev–Trinajstić information content (AvgIpc) is 3.08. The van der Waals surface area contributed by atoms with E-state index < -0.39 is 0 Å². The third-order valence-electron chi connectivity index (χ3n) is 4.50. The van der Waals surface area contributed by atoms with Crippen LogP contribution in [-0.2, 0) is 6.54 Å². The highest BCUT2D eigenvalue weighted by molar-refractivity contribution is 7.09. The Morgan fingerprint density at radius 3 is 2.44 bits per heavy atom. The summed E-state index contributed by atoms with van der Waals surface area (Å²) >= 11 is 1.68. The summed E-state index contributed by atoms with van der Waals surface area (Å²) in [6.45, 7) is 11.0. The predicted octanol–water partition coefficient (Wildman–Crippen LogP) is 3.21. The van der Waals surface area contributed by atoms with Gasteiger partial charge in [0, 0.05) is 43.7 Å². The lowest BCUT2D eigenvalue weighted by molar-refractivity contribution is 0.0626. The lowest BCUT2D eigenvalue weighted by Gasteiger charge is -2.34. The number of aryl methyl sites for hydroxylation is 1. The number of amides is 1. The Labute approximate surface area is 164 Å². The monoisotopic (exact) mass is 389 g/mol. The molecule has 1 saturated heterocycles. The van der Waals surface area contributed by atoms with Crippen LogP contribution in [0.3, 0.4) is 0 Å². The first-order valence-electron chi connectivity index (χ1n) is 9.43. The standard InChI is InChI=1S/C20H27N3O3S/c1-4-25-18-7-6-16(12-19(18)26-5-2)20(24)23-10-8-22(9-11-23)13-17-14-27-15(3)21-17/h6-7,12,14H,4-5,8-11,13H2,1-3H3. The van der Waals surface area contributed by atoms with Gasteiger partial charge in [0.05, 0.1) is 23.9 Å². The Balaban J connectivity index is 1.60. The van der Waals surface area contributed by atoms with Crippen LogP contribution in [0.2, 0.25) is 0 Å². The molecule has 2 aromatic rings. The van der Waals surface area contributed by atoms with Gasteiger partial charge >= 0.3 is 0 Å². The van der Waals surface area contributed by atoms with E-state index in [-0.39, 0.29) is 5.91 Å². The van der Waals surface area contributed by atoms with E-state index in [0.717, 1.165) is 43.4 Å². The van der Waals surface area contributed by atoms with Crippen LogP contribution in [0.15, 0.2) is 23.6 Å². The molecule has 6 nitrogen and oxygen atoms in total. The van der Waals surface area contributed by atoms with E-state index in [1.54, 1.807) is 17.4 Å². The van der Waals surface area contributed by atoms with Gasteiger partial charge in [-0.25, -0.2) is 4.98 Å². The summed E-state index contributed by atoms with van der Waals surface area (Å²) in [6, 6.07) is 5.43. The Morgan fingerprint density at radius 2 is 1.81 bits per heavy atom. The molecule has 1 aromatic heterocycles. The van der Waals surface area contributed by atoms with Crippen molar-refractivity contribution in [3.63, 3.8) is 0 Å².